The van der Waals surface area contributed by atoms with E-state index in [1.807, 2.05) is 18.3 Å². The number of aliphatic hydroxyl groups excluding tert-OH is 1. The van der Waals surface area contributed by atoms with E-state index in [0.717, 1.165) is 11.3 Å². The quantitative estimate of drug-likeness (QED) is 0.576. The van der Waals surface area contributed by atoms with Gasteiger partial charge in [-0.1, -0.05) is 23.7 Å². The number of carbonyl (C=O) groups is 1. The van der Waals surface area contributed by atoms with Crippen molar-refractivity contribution in [2.45, 2.75) is 25.4 Å². The van der Waals surface area contributed by atoms with Gasteiger partial charge in [0.1, 0.15) is 5.69 Å². The molecule has 0 spiro atoms. The summed E-state index contributed by atoms with van der Waals surface area (Å²) >= 11 is 7.29. The van der Waals surface area contributed by atoms with Crippen molar-refractivity contribution < 1.29 is 15.0 Å². The number of hydrogen-bond acceptors (Lipinski definition) is 5. The van der Waals surface area contributed by atoms with Gasteiger partial charge in [0.15, 0.2) is 4.96 Å². The molecule has 1 aromatic carbocycles. The Labute approximate surface area is 160 Å². The van der Waals surface area contributed by atoms with Gasteiger partial charge in [0.05, 0.1) is 11.3 Å². The van der Waals surface area contributed by atoms with Crippen molar-refractivity contribution in [3.05, 3.63) is 46.6 Å². The largest absolute Gasteiger partial charge is 0.396 e. The van der Waals surface area contributed by atoms with Crippen LogP contribution in [0.2, 0.25) is 5.02 Å². The molecule has 1 unspecified atom stereocenters. The molecule has 26 heavy (non-hydrogen) atoms. The minimum Gasteiger partial charge on any atom is -0.396 e. The highest BCUT2D eigenvalue weighted by molar-refractivity contribution is 7.15. The highest BCUT2D eigenvalue weighted by Crippen LogP contribution is 2.25. The zero-order chi connectivity index (χ0) is 18.7. The zero-order valence-corrected chi connectivity index (χ0v) is 15.8. The summed E-state index contributed by atoms with van der Waals surface area (Å²) in [6.07, 6.45) is 2.71. The van der Waals surface area contributed by atoms with Crippen molar-refractivity contribution in [1.82, 2.24) is 14.7 Å². The molecule has 2 heterocycles. The Kier molecular flexibility index (Phi) is 5.62. The summed E-state index contributed by atoms with van der Waals surface area (Å²) in [6.45, 7) is 1.77. The molecule has 0 aliphatic carbocycles. The first-order valence-corrected chi connectivity index (χ1v) is 9.49. The second-order valence-electron chi connectivity index (χ2n) is 6.41. The van der Waals surface area contributed by atoms with E-state index in [2.05, 4.69) is 10.3 Å². The van der Waals surface area contributed by atoms with Crippen molar-refractivity contribution >= 4 is 33.8 Å². The lowest BCUT2D eigenvalue weighted by Gasteiger charge is -2.23. The lowest BCUT2D eigenvalue weighted by Crippen LogP contribution is -2.41. The lowest BCUT2D eigenvalue weighted by molar-refractivity contribution is 0.0414. The first-order chi connectivity index (χ1) is 12.4. The molecule has 3 aromatic rings. The predicted octanol–water partition coefficient (Wildman–Crippen LogP) is 2.97. The van der Waals surface area contributed by atoms with E-state index >= 15 is 0 Å². The van der Waals surface area contributed by atoms with E-state index < -0.39 is 5.60 Å². The Morgan fingerprint density at radius 3 is 2.81 bits per heavy atom. The van der Waals surface area contributed by atoms with E-state index in [-0.39, 0.29) is 19.1 Å². The average molecular weight is 394 g/mol. The number of thiazole rings is 1. The molecule has 3 N–H and O–H groups in total. The molecule has 0 aliphatic heterocycles. The van der Waals surface area contributed by atoms with Crippen LogP contribution in [0.15, 0.2) is 35.8 Å². The first-order valence-electron chi connectivity index (χ1n) is 8.23. The fraction of sp³-hybridized carbons (Fsp3) is 0.333. The maximum absolute atomic E-state index is 12.5. The molecule has 1 atom stereocenters. The van der Waals surface area contributed by atoms with Gasteiger partial charge in [-0.05, 0) is 31.9 Å². The summed E-state index contributed by atoms with van der Waals surface area (Å²) in [4.78, 5) is 17.8. The Bertz CT molecular complexity index is 902. The minimum absolute atomic E-state index is 0.0117. The molecule has 0 bridgehead atoms. The number of amides is 1. The molecular weight excluding hydrogens is 374 g/mol. The summed E-state index contributed by atoms with van der Waals surface area (Å²) in [7, 11) is 0. The van der Waals surface area contributed by atoms with Crippen LogP contribution in [0.1, 0.15) is 30.3 Å². The van der Waals surface area contributed by atoms with Crippen LogP contribution >= 0.6 is 22.9 Å². The number of hydrogen-bond donors (Lipinski definition) is 3. The summed E-state index contributed by atoms with van der Waals surface area (Å²) < 4.78 is 1.74. The molecule has 3 rings (SSSR count). The fourth-order valence-corrected chi connectivity index (χ4v) is 3.60. The van der Waals surface area contributed by atoms with Crippen LogP contribution in [-0.4, -0.2) is 44.3 Å². The monoisotopic (exact) mass is 393 g/mol. The van der Waals surface area contributed by atoms with E-state index in [9.17, 15) is 9.90 Å². The number of imidazole rings is 1. The number of benzene rings is 1. The number of carbonyl (C=O) groups excluding carboxylic acids is 1. The van der Waals surface area contributed by atoms with Gasteiger partial charge in [0, 0.05) is 35.3 Å². The van der Waals surface area contributed by atoms with E-state index in [1.165, 1.54) is 11.3 Å². The topological polar surface area (TPSA) is 86.9 Å². The third-order valence-corrected chi connectivity index (χ3v) is 5.18. The number of rotatable bonds is 7. The molecule has 0 saturated heterocycles. The van der Waals surface area contributed by atoms with Crippen LogP contribution in [0.5, 0.6) is 0 Å². The van der Waals surface area contributed by atoms with Crippen LogP contribution in [0, 0.1) is 0 Å². The van der Waals surface area contributed by atoms with Crippen molar-refractivity contribution in [3.8, 4) is 11.3 Å². The van der Waals surface area contributed by atoms with Crippen molar-refractivity contribution in [3.63, 3.8) is 0 Å². The molecule has 2 aromatic heterocycles. The second kappa shape index (κ2) is 7.75. The Balaban J connectivity index is 1.76. The van der Waals surface area contributed by atoms with Gasteiger partial charge in [0.25, 0.3) is 5.91 Å². The second-order valence-corrected chi connectivity index (χ2v) is 7.69. The average Bonchev–Trinajstić information content (AvgIpc) is 3.19. The Morgan fingerprint density at radius 1 is 1.38 bits per heavy atom. The van der Waals surface area contributed by atoms with Crippen LogP contribution in [-0.2, 0) is 0 Å². The summed E-state index contributed by atoms with van der Waals surface area (Å²) in [6, 6.07) is 7.36. The van der Waals surface area contributed by atoms with E-state index in [0.29, 0.717) is 28.5 Å². The summed E-state index contributed by atoms with van der Waals surface area (Å²) in [5, 5.41) is 24.2. The number of fused-ring (bicyclic) bond motifs is 1. The highest BCUT2D eigenvalue weighted by atomic mass is 35.5. The van der Waals surface area contributed by atoms with Crippen LogP contribution < -0.4 is 5.32 Å². The third kappa shape index (κ3) is 4.24. The standard InChI is InChI=1S/C18H20ClN3O3S/c1-18(25,7-2-8-23)11-20-16(24)15-10-26-17-21-14(9-22(15)17)12-3-5-13(19)6-4-12/h3-6,9-10,23,25H,2,7-8,11H2,1H3,(H,20,24). The number of aliphatic hydroxyl groups is 2. The Hall–Kier alpha value is -1.93. The third-order valence-electron chi connectivity index (χ3n) is 4.08. The van der Waals surface area contributed by atoms with Crippen molar-refractivity contribution in [2.24, 2.45) is 0 Å². The molecule has 0 radical (unpaired) electrons. The number of halogens is 1. The maximum atomic E-state index is 12.5. The zero-order valence-electron chi connectivity index (χ0n) is 14.3. The van der Waals surface area contributed by atoms with E-state index in [1.54, 1.807) is 28.8 Å². The predicted molar refractivity (Wildman–Crippen MR) is 103 cm³/mol. The van der Waals surface area contributed by atoms with Crippen molar-refractivity contribution in [1.29, 1.82) is 0 Å². The SMILES string of the molecule is CC(O)(CCCO)CNC(=O)c1csc2nc(-c3ccc(Cl)cc3)cn12. The minimum atomic E-state index is -1.06. The molecule has 8 heteroatoms. The van der Waals surface area contributed by atoms with Crippen molar-refractivity contribution in [2.75, 3.05) is 13.2 Å². The van der Waals surface area contributed by atoms with Crippen LogP contribution in [0.25, 0.3) is 16.2 Å². The summed E-state index contributed by atoms with van der Waals surface area (Å²) in [5.74, 6) is -0.277. The molecular formula is C18H20ClN3O3S. The van der Waals surface area contributed by atoms with Gasteiger partial charge in [-0.2, -0.15) is 0 Å². The molecule has 0 aliphatic rings. The number of nitrogens with one attached hydrogen (secondary N) is 1. The normalized spacial score (nSPS) is 13.7. The van der Waals surface area contributed by atoms with Crippen LogP contribution in [0.4, 0.5) is 0 Å². The molecule has 1 amide bonds. The highest BCUT2D eigenvalue weighted by Gasteiger charge is 2.22. The maximum Gasteiger partial charge on any atom is 0.269 e. The van der Waals surface area contributed by atoms with Gasteiger partial charge in [0.2, 0.25) is 0 Å². The lowest BCUT2D eigenvalue weighted by atomic mass is 10.0. The van der Waals surface area contributed by atoms with Gasteiger partial charge in [-0.3, -0.25) is 9.20 Å². The van der Waals surface area contributed by atoms with Gasteiger partial charge in [-0.15, -0.1) is 11.3 Å². The van der Waals surface area contributed by atoms with Gasteiger partial charge in [-0.25, -0.2) is 4.98 Å². The van der Waals surface area contributed by atoms with E-state index in [4.69, 9.17) is 16.7 Å². The van der Waals surface area contributed by atoms with Gasteiger partial charge < -0.3 is 15.5 Å². The summed E-state index contributed by atoms with van der Waals surface area (Å²) in [5.41, 5.74) is 1.09. The molecule has 6 nitrogen and oxygen atoms in total. The molecule has 0 fully saturated rings. The first kappa shape index (κ1) is 18.8. The smallest absolute Gasteiger partial charge is 0.269 e. The number of nitrogens with zero attached hydrogens (tertiary/aromatic N) is 2. The molecule has 0 saturated carbocycles. The number of aromatic nitrogens is 2. The van der Waals surface area contributed by atoms with Crippen LogP contribution in [0.3, 0.4) is 0 Å². The Morgan fingerprint density at radius 2 is 2.12 bits per heavy atom. The molecule has 138 valence electrons. The van der Waals surface area contributed by atoms with Gasteiger partial charge >= 0.3 is 0 Å². The fourth-order valence-electron chi connectivity index (χ4n) is 2.62.